The number of nitrogens with zero attached hydrogens (tertiary/aromatic N) is 2. The van der Waals surface area contributed by atoms with Gasteiger partial charge in [0.1, 0.15) is 0 Å². The molecule has 1 atom stereocenters. The predicted octanol–water partition coefficient (Wildman–Crippen LogP) is 3.71. The van der Waals surface area contributed by atoms with Crippen molar-refractivity contribution in [3.8, 4) is 0 Å². The Morgan fingerprint density at radius 1 is 1.32 bits per heavy atom. The molecule has 19 heavy (non-hydrogen) atoms. The summed E-state index contributed by atoms with van der Waals surface area (Å²) in [6, 6.07) is 0.219. The standard InChI is InChI=1S/C15H26ClN3/c1-3-19-14(15(16)11(2)18-19)10-13(17)12-8-6-4-5-7-9-12/h12-13H,3-10,17H2,1-2H3. The maximum Gasteiger partial charge on any atom is 0.0847 e. The summed E-state index contributed by atoms with van der Waals surface area (Å²) in [6.07, 6.45) is 8.82. The van der Waals surface area contributed by atoms with Gasteiger partial charge in [-0.3, -0.25) is 4.68 Å². The van der Waals surface area contributed by atoms with Crippen LogP contribution < -0.4 is 5.73 Å². The molecule has 1 unspecified atom stereocenters. The zero-order chi connectivity index (χ0) is 13.8. The highest BCUT2D eigenvalue weighted by molar-refractivity contribution is 6.31. The second-order valence-electron chi connectivity index (χ2n) is 5.78. The summed E-state index contributed by atoms with van der Waals surface area (Å²) in [5, 5.41) is 5.29. The van der Waals surface area contributed by atoms with Gasteiger partial charge in [0.25, 0.3) is 0 Å². The smallest absolute Gasteiger partial charge is 0.0847 e. The van der Waals surface area contributed by atoms with Crippen molar-refractivity contribution in [3.63, 3.8) is 0 Å². The minimum atomic E-state index is 0.219. The first-order chi connectivity index (χ1) is 9.13. The van der Waals surface area contributed by atoms with Crippen molar-refractivity contribution >= 4 is 11.6 Å². The van der Waals surface area contributed by atoms with Crippen LogP contribution in [0.2, 0.25) is 5.02 Å². The Morgan fingerprint density at radius 3 is 2.53 bits per heavy atom. The Morgan fingerprint density at radius 2 is 1.95 bits per heavy atom. The fourth-order valence-electron chi connectivity index (χ4n) is 3.19. The van der Waals surface area contributed by atoms with Crippen molar-refractivity contribution in [2.45, 2.75) is 71.4 Å². The monoisotopic (exact) mass is 283 g/mol. The molecule has 108 valence electrons. The van der Waals surface area contributed by atoms with E-state index in [0.717, 1.165) is 29.4 Å². The maximum atomic E-state index is 6.45. The van der Waals surface area contributed by atoms with Gasteiger partial charge in [-0.05, 0) is 32.6 Å². The molecule has 4 heteroatoms. The van der Waals surface area contributed by atoms with Crippen LogP contribution in [0.4, 0.5) is 0 Å². The van der Waals surface area contributed by atoms with Crippen LogP contribution in [0, 0.1) is 12.8 Å². The highest BCUT2D eigenvalue weighted by Crippen LogP contribution is 2.28. The minimum Gasteiger partial charge on any atom is -0.327 e. The van der Waals surface area contributed by atoms with E-state index in [2.05, 4.69) is 12.0 Å². The fourth-order valence-corrected chi connectivity index (χ4v) is 3.41. The average Bonchev–Trinajstić information content (AvgIpc) is 2.65. The molecule has 0 aliphatic heterocycles. The van der Waals surface area contributed by atoms with E-state index in [9.17, 15) is 0 Å². The highest BCUT2D eigenvalue weighted by Gasteiger charge is 2.23. The lowest BCUT2D eigenvalue weighted by Gasteiger charge is -2.22. The van der Waals surface area contributed by atoms with Crippen LogP contribution >= 0.6 is 11.6 Å². The van der Waals surface area contributed by atoms with E-state index in [1.807, 2.05) is 11.6 Å². The van der Waals surface area contributed by atoms with Crippen LogP contribution in [-0.2, 0) is 13.0 Å². The van der Waals surface area contributed by atoms with Gasteiger partial charge in [0.2, 0.25) is 0 Å². The number of nitrogens with two attached hydrogens (primary N) is 1. The molecule has 1 saturated carbocycles. The first-order valence-corrected chi connectivity index (χ1v) is 7.98. The molecule has 0 saturated heterocycles. The Bertz CT molecular complexity index is 406. The van der Waals surface area contributed by atoms with Crippen LogP contribution in [0.5, 0.6) is 0 Å². The third-order valence-electron chi connectivity index (χ3n) is 4.39. The number of rotatable bonds is 4. The SMILES string of the molecule is CCn1nc(C)c(Cl)c1CC(N)C1CCCCCC1. The molecule has 1 aromatic rings. The Hall–Kier alpha value is -0.540. The van der Waals surface area contributed by atoms with Crippen LogP contribution in [-0.4, -0.2) is 15.8 Å². The fraction of sp³-hybridized carbons (Fsp3) is 0.800. The van der Waals surface area contributed by atoms with Crippen LogP contribution in [0.1, 0.15) is 56.8 Å². The van der Waals surface area contributed by atoms with Gasteiger partial charge in [0.05, 0.1) is 16.4 Å². The summed E-state index contributed by atoms with van der Waals surface area (Å²) in [5.74, 6) is 0.652. The lowest BCUT2D eigenvalue weighted by molar-refractivity contribution is 0.366. The van der Waals surface area contributed by atoms with E-state index >= 15 is 0 Å². The third kappa shape index (κ3) is 3.51. The van der Waals surface area contributed by atoms with E-state index in [1.165, 1.54) is 38.5 Å². The van der Waals surface area contributed by atoms with Gasteiger partial charge >= 0.3 is 0 Å². The molecule has 2 rings (SSSR count). The Balaban J connectivity index is 2.07. The zero-order valence-electron chi connectivity index (χ0n) is 12.2. The van der Waals surface area contributed by atoms with Crippen molar-refractivity contribution in [1.82, 2.24) is 9.78 Å². The molecule has 0 aromatic carbocycles. The Labute approximate surface area is 121 Å². The molecule has 2 N–H and O–H groups in total. The second kappa shape index (κ2) is 6.76. The number of aromatic nitrogens is 2. The topological polar surface area (TPSA) is 43.8 Å². The van der Waals surface area contributed by atoms with Crippen LogP contribution in [0.3, 0.4) is 0 Å². The van der Waals surface area contributed by atoms with Gasteiger partial charge in [-0.1, -0.05) is 37.3 Å². The molecule has 0 spiro atoms. The van der Waals surface area contributed by atoms with Gasteiger partial charge in [0, 0.05) is 19.0 Å². The van der Waals surface area contributed by atoms with E-state index in [-0.39, 0.29) is 6.04 Å². The number of halogens is 1. The van der Waals surface area contributed by atoms with Gasteiger partial charge in [-0.15, -0.1) is 0 Å². The van der Waals surface area contributed by atoms with Crippen molar-refractivity contribution < 1.29 is 0 Å². The van der Waals surface area contributed by atoms with E-state index in [1.54, 1.807) is 0 Å². The van der Waals surface area contributed by atoms with Crippen molar-refractivity contribution in [3.05, 3.63) is 16.4 Å². The first kappa shape index (κ1) is 14.9. The molecule has 0 radical (unpaired) electrons. The van der Waals surface area contributed by atoms with Gasteiger partial charge in [-0.25, -0.2) is 0 Å². The highest BCUT2D eigenvalue weighted by atomic mass is 35.5. The number of hydrogen-bond acceptors (Lipinski definition) is 2. The predicted molar refractivity (Wildman–Crippen MR) is 80.5 cm³/mol. The molecule has 1 fully saturated rings. The van der Waals surface area contributed by atoms with Gasteiger partial charge in [-0.2, -0.15) is 5.10 Å². The molecule has 0 bridgehead atoms. The second-order valence-corrected chi connectivity index (χ2v) is 6.16. The molecular weight excluding hydrogens is 258 g/mol. The maximum absolute atomic E-state index is 6.45. The normalized spacial score (nSPS) is 19.4. The molecule has 1 aromatic heterocycles. The third-order valence-corrected chi connectivity index (χ3v) is 4.88. The average molecular weight is 284 g/mol. The van der Waals surface area contributed by atoms with Crippen molar-refractivity contribution in [2.75, 3.05) is 0 Å². The van der Waals surface area contributed by atoms with Crippen molar-refractivity contribution in [1.29, 1.82) is 0 Å². The largest absolute Gasteiger partial charge is 0.327 e. The zero-order valence-corrected chi connectivity index (χ0v) is 12.9. The first-order valence-electron chi connectivity index (χ1n) is 7.60. The molecule has 1 aliphatic rings. The molecule has 1 heterocycles. The Kier molecular flexibility index (Phi) is 5.28. The molecule has 1 aliphatic carbocycles. The van der Waals surface area contributed by atoms with E-state index < -0.39 is 0 Å². The van der Waals surface area contributed by atoms with Gasteiger partial charge in [0.15, 0.2) is 0 Å². The quantitative estimate of drug-likeness (QED) is 0.856. The van der Waals surface area contributed by atoms with Gasteiger partial charge < -0.3 is 5.73 Å². The van der Waals surface area contributed by atoms with Crippen LogP contribution in [0.15, 0.2) is 0 Å². The summed E-state index contributed by atoms with van der Waals surface area (Å²) in [6.45, 7) is 4.93. The molecule has 3 nitrogen and oxygen atoms in total. The van der Waals surface area contributed by atoms with E-state index in [0.29, 0.717) is 5.92 Å². The number of aryl methyl sites for hydroxylation is 2. The molecule has 0 amide bonds. The minimum absolute atomic E-state index is 0.219. The summed E-state index contributed by atoms with van der Waals surface area (Å²) in [5.41, 5.74) is 8.50. The summed E-state index contributed by atoms with van der Waals surface area (Å²) in [7, 11) is 0. The summed E-state index contributed by atoms with van der Waals surface area (Å²) >= 11 is 6.37. The van der Waals surface area contributed by atoms with E-state index in [4.69, 9.17) is 17.3 Å². The lowest BCUT2D eigenvalue weighted by atomic mass is 9.89. The number of hydrogen-bond donors (Lipinski definition) is 1. The molecular formula is C15H26ClN3. The summed E-state index contributed by atoms with van der Waals surface area (Å²) < 4.78 is 2.01. The summed E-state index contributed by atoms with van der Waals surface area (Å²) in [4.78, 5) is 0. The van der Waals surface area contributed by atoms with Crippen molar-refractivity contribution in [2.24, 2.45) is 11.7 Å². The lowest BCUT2D eigenvalue weighted by Crippen LogP contribution is -2.33. The van der Waals surface area contributed by atoms with Crippen LogP contribution in [0.25, 0.3) is 0 Å².